The van der Waals surface area contributed by atoms with E-state index in [1.54, 1.807) is 13.8 Å². The molecule has 0 aromatic carbocycles. The van der Waals surface area contributed by atoms with E-state index in [2.05, 4.69) is 0 Å². The van der Waals surface area contributed by atoms with Crippen LogP contribution in [0, 0.1) is 34.5 Å². The highest BCUT2D eigenvalue weighted by Crippen LogP contribution is 2.68. The molecule has 0 radical (unpaired) electrons. The van der Waals surface area contributed by atoms with Gasteiger partial charge in [-0.1, -0.05) is 13.8 Å². The fourth-order valence-electron chi connectivity index (χ4n) is 7.55. The molecular weight excluding hydrogens is 396 g/mol. The van der Waals surface area contributed by atoms with Crippen molar-refractivity contribution < 1.29 is 37.8 Å². The normalized spacial score (nSPS) is 56.9. The summed E-state index contributed by atoms with van der Waals surface area (Å²) in [6.45, 7) is 4.18. The number of fused-ring (bicyclic) bond motifs is 5. The molecule has 4 aliphatic carbocycles. The molecule has 0 amide bonds. The molecule has 6 heteroatoms. The van der Waals surface area contributed by atoms with Gasteiger partial charge in [0, 0.05) is 17.5 Å². The van der Waals surface area contributed by atoms with E-state index in [1.165, 1.54) is 6.92 Å². The van der Waals surface area contributed by atoms with Crippen LogP contribution in [0.1, 0.15) is 87.2 Å². The summed E-state index contributed by atoms with van der Waals surface area (Å²) in [6.07, 6.45) is -6.94. The Bertz CT molecular complexity index is 918. The Morgan fingerprint density at radius 3 is 2.68 bits per heavy atom. The molecule has 4 rings (SSSR count). The summed E-state index contributed by atoms with van der Waals surface area (Å²) in [5.41, 5.74) is -4.17. The molecule has 3 N–H and O–H groups in total. The number of hydrogen-bond acceptors (Lipinski definition) is 6. The van der Waals surface area contributed by atoms with Crippen molar-refractivity contribution in [1.82, 2.24) is 0 Å². The Hall–Kier alpha value is -0.530. The van der Waals surface area contributed by atoms with Crippen LogP contribution < -0.4 is 0 Å². The van der Waals surface area contributed by atoms with Crippen LogP contribution in [0.5, 0.6) is 0 Å². The highest BCUT2D eigenvalue weighted by molar-refractivity contribution is 5.89. The molecule has 0 aromatic heterocycles. The van der Waals surface area contributed by atoms with Crippen LogP contribution in [0.4, 0.5) is 0 Å². The number of Topliss-reactive ketones (excluding diaryl/α,β-unsaturated/α-hetero) is 1. The van der Waals surface area contributed by atoms with Gasteiger partial charge in [0.05, 0.1) is 14.9 Å². The first-order valence-corrected chi connectivity index (χ1v) is 11.7. The van der Waals surface area contributed by atoms with Gasteiger partial charge >= 0.3 is 0 Å². The van der Waals surface area contributed by atoms with Crippen molar-refractivity contribution in [2.75, 3.05) is 13.2 Å². The maximum Gasteiger partial charge on any atom is 0.190 e. The Kier molecular flexibility index (Phi) is 4.58. The first kappa shape index (κ1) is 17.0. The smallest absolute Gasteiger partial charge is 0.190 e. The lowest BCUT2D eigenvalue weighted by molar-refractivity contribution is -0.206. The van der Waals surface area contributed by atoms with Gasteiger partial charge in [0.25, 0.3) is 0 Å². The number of ether oxygens (including phenoxy) is 2. The third-order valence-corrected chi connectivity index (χ3v) is 9.08. The average Bonchev–Trinajstić information content (AvgIpc) is 3.02. The van der Waals surface area contributed by atoms with Crippen molar-refractivity contribution in [2.45, 2.75) is 103 Å². The standard InChI is InChI=1S/C25H42O6/c1-5-30-15(2)31-14-21(28)25(29)11-9-19-18-7-6-16-12-17(26)8-10-23(16,3)22(18)20(27)13-24(19,25)4/h15-20,22,26-27,29H,5-14H2,1-4H3/t15?,16-,17-,18?,19?,20+,22?,23+,24+,25+/m1/s1/i8D2,12D2,14D2. The molecule has 0 bridgehead atoms. The minimum Gasteiger partial charge on any atom is -0.393 e. The molecule has 178 valence electrons. The molecule has 0 aromatic rings. The van der Waals surface area contributed by atoms with Crippen LogP contribution in [-0.4, -0.2) is 58.4 Å². The topological polar surface area (TPSA) is 96.2 Å². The van der Waals surface area contributed by atoms with Crippen molar-refractivity contribution in [3.63, 3.8) is 0 Å². The van der Waals surface area contributed by atoms with Crippen molar-refractivity contribution in [3.05, 3.63) is 0 Å². The SMILES string of the molecule is [2H]C([2H])(OC(C)OCC)C(=O)[C@@]1(O)CCC2C3CC[C@@H]4C([2H])([2H])[C@H](O)C([2H])([2H])C[C@]4(C)C3[C@@H](O)C[C@@]21C. The minimum atomic E-state index is -2.81. The summed E-state index contributed by atoms with van der Waals surface area (Å²) in [5.74, 6) is -2.69. The van der Waals surface area contributed by atoms with Crippen LogP contribution in [-0.2, 0) is 14.3 Å². The zero-order chi connectivity index (χ0) is 28.0. The Morgan fingerprint density at radius 1 is 1.23 bits per heavy atom. The van der Waals surface area contributed by atoms with E-state index < -0.39 is 71.9 Å². The first-order chi connectivity index (χ1) is 16.8. The number of carbonyl (C=O) groups is 1. The third-order valence-electron chi connectivity index (χ3n) is 9.08. The highest BCUT2D eigenvalue weighted by atomic mass is 16.7. The summed E-state index contributed by atoms with van der Waals surface area (Å²) >= 11 is 0. The quantitative estimate of drug-likeness (QED) is 0.545. The summed E-state index contributed by atoms with van der Waals surface area (Å²) in [7, 11) is 0. The van der Waals surface area contributed by atoms with Crippen molar-refractivity contribution in [3.8, 4) is 0 Å². The molecule has 6 nitrogen and oxygen atoms in total. The van der Waals surface area contributed by atoms with E-state index in [1.807, 2.05) is 6.92 Å². The van der Waals surface area contributed by atoms with Gasteiger partial charge in [-0.2, -0.15) is 0 Å². The van der Waals surface area contributed by atoms with E-state index in [-0.39, 0.29) is 37.7 Å². The van der Waals surface area contributed by atoms with Gasteiger partial charge in [0.15, 0.2) is 12.1 Å². The maximum absolute atomic E-state index is 13.5. The van der Waals surface area contributed by atoms with Gasteiger partial charge in [0.1, 0.15) is 12.2 Å². The molecular formula is C25H42O6. The van der Waals surface area contributed by atoms with Crippen LogP contribution >= 0.6 is 0 Å². The van der Waals surface area contributed by atoms with Crippen LogP contribution in [0.3, 0.4) is 0 Å². The van der Waals surface area contributed by atoms with E-state index in [9.17, 15) is 20.1 Å². The molecule has 0 heterocycles. The maximum atomic E-state index is 13.5. The van der Waals surface area contributed by atoms with Crippen molar-refractivity contribution in [1.29, 1.82) is 0 Å². The zero-order valence-electron chi connectivity index (χ0n) is 25.1. The highest BCUT2D eigenvalue weighted by Gasteiger charge is 2.68. The van der Waals surface area contributed by atoms with E-state index in [0.29, 0.717) is 19.3 Å². The minimum absolute atomic E-state index is 0.00493. The number of ketones is 1. The molecule has 10 atom stereocenters. The number of aliphatic hydroxyl groups is 3. The number of aliphatic hydroxyl groups excluding tert-OH is 2. The molecule has 0 spiro atoms. The van der Waals surface area contributed by atoms with Gasteiger partial charge in [-0.25, -0.2) is 0 Å². The van der Waals surface area contributed by atoms with Gasteiger partial charge < -0.3 is 24.8 Å². The molecule has 31 heavy (non-hydrogen) atoms. The predicted octanol–water partition coefficient (Wildman–Crippen LogP) is 3.06. The lowest BCUT2D eigenvalue weighted by atomic mass is 9.43. The van der Waals surface area contributed by atoms with Crippen LogP contribution in [0.25, 0.3) is 0 Å². The Balaban J connectivity index is 1.67. The lowest BCUT2D eigenvalue weighted by Crippen LogP contribution is -2.63. The van der Waals surface area contributed by atoms with Crippen molar-refractivity contribution >= 4 is 5.78 Å². The zero-order valence-corrected chi connectivity index (χ0v) is 19.1. The lowest BCUT2D eigenvalue weighted by Gasteiger charge is -2.62. The molecule has 4 saturated carbocycles. The average molecular weight is 445 g/mol. The second-order valence-electron chi connectivity index (χ2n) is 10.5. The Morgan fingerprint density at radius 2 is 1.97 bits per heavy atom. The van der Waals surface area contributed by atoms with Gasteiger partial charge in [-0.3, -0.25) is 4.79 Å². The summed E-state index contributed by atoms with van der Waals surface area (Å²) in [5, 5.41) is 33.9. The third kappa shape index (κ3) is 3.61. The van der Waals surface area contributed by atoms with Crippen LogP contribution in [0.2, 0.25) is 0 Å². The van der Waals surface area contributed by atoms with Gasteiger partial charge in [-0.15, -0.1) is 0 Å². The molecule has 4 unspecified atom stereocenters. The predicted molar refractivity (Wildman–Crippen MR) is 116 cm³/mol. The van der Waals surface area contributed by atoms with Crippen LogP contribution in [0.15, 0.2) is 0 Å². The number of carbonyl (C=O) groups excluding carboxylic acids is 1. The fraction of sp³-hybridized carbons (Fsp3) is 0.960. The second-order valence-corrected chi connectivity index (χ2v) is 10.5. The molecule has 4 fully saturated rings. The number of hydrogen-bond donors (Lipinski definition) is 3. The summed E-state index contributed by atoms with van der Waals surface area (Å²) < 4.78 is 61.1. The van der Waals surface area contributed by atoms with E-state index >= 15 is 0 Å². The van der Waals surface area contributed by atoms with E-state index in [0.717, 1.165) is 0 Å². The Labute approximate surface area is 195 Å². The van der Waals surface area contributed by atoms with Gasteiger partial charge in [-0.05, 0) is 94.2 Å². The second kappa shape index (κ2) is 8.35. The monoisotopic (exact) mass is 444 g/mol. The first-order valence-electron chi connectivity index (χ1n) is 14.7. The fourth-order valence-corrected chi connectivity index (χ4v) is 7.55. The van der Waals surface area contributed by atoms with E-state index in [4.69, 9.17) is 17.7 Å². The molecule has 4 aliphatic rings. The molecule has 0 saturated heterocycles. The number of rotatable bonds is 6. The van der Waals surface area contributed by atoms with Crippen molar-refractivity contribution in [2.24, 2.45) is 34.5 Å². The molecule has 0 aliphatic heterocycles. The summed E-state index contributed by atoms with van der Waals surface area (Å²) in [4.78, 5) is 13.5. The van der Waals surface area contributed by atoms with Gasteiger partial charge in [0.2, 0.25) is 0 Å². The summed E-state index contributed by atoms with van der Waals surface area (Å²) in [6, 6.07) is 0. The largest absolute Gasteiger partial charge is 0.393 e.